The van der Waals surface area contributed by atoms with E-state index in [-0.39, 0.29) is 11.8 Å². The molecule has 5 nitrogen and oxygen atoms in total. The number of carbonyl (C=O) groups is 2. The van der Waals surface area contributed by atoms with Crippen LogP contribution in [0.2, 0.25) is 0 Å². The fraction of sp³-hybridized carbons (Fsp3) is 0.263. The highest BCUT2D eigenvalue weighted by Gasteiger charge is 2.04. The van der Waals surface area contributed by atoms with Crippen molar-refractivity contribution in [2.75, 3.05) is 22.5 Å². The Labute approximate surface area is 142 Å². The molecule has 0 aliphatic rings. The molecule has 0 fully saturated rings. The Morgan fingerprint density at radius 1 is 0.875 bits per heavy atom. The third-order valence-electron chi connectivity index (χ3n) is 3.37. The zero-order valence-corrected chi connectivity index (χ0v) is 14.3. The molecule has 2 aromatic carbocycles. The normalized spacial score (nSPS) is 10.1. The first-order chi connectivity index (χ1) is 11.4. The molecule has 0 aliphatic carbocycles. The number of rotatable bonds is 6. The van der Waals surface area contributed by atoms with Crippen molar-refractivity contribution in [3.8, 4) is 0 Å². The number of aryl methyl sites for hydroxylation is 2. The Balaban J connectivity index is 1.83. The molecule has 0 aliphatic heterocycles. The van der Waals surface area contributed by atoms with Crippen LogP contribution in [-0.2, 0) is 9.59 Å². The summed E-state index contributed by atoms with van der Waals surface area (Å²) in [4.78, 5) is 23.1. The van der Waals surface area contributed by atoms with Crippen LogP contribution < -0.4 is 16.0 Å². The van der Waals surface area contributed by atoms with Gasteiger partial charge in [0.15, 0.2) is 0 Å². The molecule has 0 spiro atoms. The van der Waals surface area contributed by atoms with Crippen LogP contribution in [0.1, 0.15) is 24.5 Å². The maximum atomic E-state index is 12.0. The molecule has 0 radical (unpaired) electrons. The number of hydrogen-bond donors (Lipinski definition) is 3. The van der Waals surface area contributed by atoms with E-state index in [9.17, 15) is 9.59 Å². The van der Waals surface area contributed by atoms with Gasteiger partial charge in [0.1, 0.15) is 0 Å². The van der Waals surface area contributed by atoms with E-state index in [4.69, 9.17) is 0 Å². The van der Waals surface area contributed by atoms with E-state index in [1.54, 1.807) is 0 Å². The third-order valence-corrected chi connectivity index (χ3v) is 3.37. The Bertz CT molecular complexity index is 721. The van der Waals surface area contributed by atoms with Crippen molar-refractivity contribution in [1.82, 2.24) is 0 Å². The van der Waals surface area contributed by atoms with Gasteiger partial charge in [0.25, 0.3) is 0 Å². The van der Waals surface area contributed by atoms with Crippen LogP contribution in [0.3, 0.4) is 0 Å². The molecular formula is C19H23N3O2. The van der Waals surface area contributed by atoms with Gasteiger partial charge >= 0.3 is 0 Å². The molecule has 24 heavy (non-hydrogen) atoms. The molecule has 2 rings (SSSR count). The SMILES string of the molecule is CC(=O)Nc1cccc(NCCC(=O)Nc2cc(C)cc(C)c2)c1. The van der Waals surface area contributed by atoms with Crippen molar-refractivity contribution in [2.24, 2.45) is 0 Å². The lowest BCUT2D eigenvalue weighted by Gasteiger charge is -2.10. The number of benzene rings is 2. The zero-order chi connectivity index (χ0) is 17.5. The standard InChI is InChI=1S/C19H23N3O2/c1-13-9-14(2)11-18(10-13)22-19(24)7-8-20-16-5-4-6-17(12-16)21-15(3)23/h4-6,9-12,20H,7-8H2,1-3H3,(H,21,23)(H,22,24). The summed E-state index contributed by atoms with van der Waals surface area (Å²) >= 11 is 0. The topological polar surface area (TPSA) is 70.2 Å². The van der Waals surface area contributed by atoms with Gasteiger partial charge in [-0.3, -0.25) is 9.59 Å². The Hall–Kier alpha value is -2.82. The van der Waals surface area contributed by atoms with Crippen molar-refractivity contribution in [3.63, 3.8) is 0 Å². The maximum absolute atomic E-state index is 12.0. The van der Waals surface area contributed by atoms with Crippen LogP contribution in [0.4, 0.5) is 17.1 Å². The van der Waals surface area contributed by atoms with Crippen molar-refractivity contribution in [3.05, 3.63) is 53.6 Å². The first-order valence-electron chi connectivity index (χ1n) is 7.92. The lowest BCUT2D eigenvalue weighted by Crippen LogP contribution is -2.16. The minimum absolute atomic E-state index is 0.0366. The largest absolute Gasteiger partial charge is 0.384 e. The number of nitrogens with one attached hydrogen (secondary N) is 3. The fourth-order valence-corrected chi connectivity index (χ4v) is 2.50. The first-order valence-corrected chi connectivity index (χ1v) is 7.92. The Morgan fingerprint density at radius 2 is 1.54 bits per heavy atom. The van der Waals surface area contributed by atoms with Crippen LogP contribution >= 0.6 is 0 Å². The number of carbonyl (C=O) groups excluding carboxylic acids is 2. The highest BCUT2D eigenvalue weighted by atomic mass is 16.2. The van der Waals surface area contributed by atoms with E-state index in [1.807, 2.05) is 50.2 Å². The van der Waals surface area contributed by atoms with E-state index < -0.39 is 0 Å². The quantitative estimate of drug-likeness (QED) is 0.758. The van der Waals surface area contributed by atoms with Gasteiger partial charge in [0.2, 0.25) is 11.8 Å². The van der Waals surface area contributed by atoms with Gasteiger partial charge in [-0.1, -0.05) is 12.1 Å². The van der Waals surface area contributed by atoms with Crippen molar-refractivity contribution >= 4 is 28.9 Å². The highest BCUT2D eigenvalue weighted by molar-refractivity contribution is 5.91. The van der Waals surface area contributed by atoms with E-state index in [1.165, 1.54) is 6.92 Å². The molecule has 5 heteroatoms. The van der Waals surface area contributed by atoms with Crippen LogP contribution in [0.25, 0.3) is 0 Å². The summed E-state index contributed by atoms with van der Waals surface area (Å²) in [7, 11) is 0. The van der Waals surface area contributed by atoms with Crippen molar-refractivity contribution in [2.45, 2.75) is 27.2 Å². The molecule has 2 aromatic rings. The lowest BCUT2D eigenvalue weighted by atomic mass is 10.1. The molecule has 3 N–H and O–H groups in total. The van der Waals surface area contributed by atoms with E-state index >= 15 is 0 Å². The van der Waals surface area contributed by atoms with Gasteiger partial charge in [-0.05, 0) is 55.3 Å². The zero-order valence-electron chi connectivity index (χ0n) is 14.3. The summed E-state index contributed by atoms with van der Waals surface area (Å²) in [5.74, 6) is -0.148. The summed E-state index contributed by atoms with van der Waals surface area (Å²) in [6.45, 7) is 6.00. The second-order valence-electron chi connectivity index (χ2n) is 5.86. The molecule has 0 saturated heterocycles. The Morgan fingerprint density at radius 3 is 2.21 bits per heavy atom. The molecule has 126 valence electrons. The predicted octanol–water partition coefficient (Wildman–Crippen LogP) is 3.70. The summed E-state index contributed by atoms with van der Waals surface area (Å²) in [6, 6.07) is 13.4. The lowest BCUT2D eigenvalue weighted by molar-refractivity contribution is -0.116. The van der Waals surface area contributed by atoms with Gasteiger partial charge in [0, 0.05) is 37.0 Å². The van der Waals surface area contributed by atoms with Crippen LogP contribution in [0, 0.1) is 13.8 Å². The number of anilines is 3. The molecule has 0 bridgehead atoms. The summed E-state index contributed by atoms with van der Waals surface area (Å²) in [6.07, 6.45) is 0.358. The van der Waals surface area contributed by atoms with Gasteiger partial charge in [-0.15, -0.1) is 0 Å². The number of hydrogen-bond acceptors (Lipinski definition) is 3. The molecule has 0 aromatic heterocycles. The average molecular weight is 325 g/mol. The van der Waals surface area contributed by atoms with Gasteiger partial charge in [-0.2, -0.15) is 0 Å². The van der Waals surface area contributed by atoms with E-state index in [0.29, 0.717) is 13.0 Å². The van der Waals surface area contributed by atoms with Crippen LogP contribution in [-0.4, -0.2) is 18.4 Å². The van der Waals surface area contributed by atoms with Crippen molar-refractivity contribution in [1.29, 1.82) is 0 Å². The fourth-order valence-electron chi connectivity index (χ4n) is 2.50. The molecule has 0 unspecified atom stereocenters. The Kier molecular flexibility index (Phi) is 5.95. The summed E-state index contributed by atoms with van der Waals surface area (Å²) in [5, 5.41) is 8.83. The van der Waals surface area contributed by atoms with Gasteiger partial charge in [-0.25, -0.2) is 0 Å². The second-order valence-corrected chi connectivity index (χ2v) is 5.86. The van der Waals surface area contributed by atoms with Crippen LogP contribution in [0.15, 0.2) is 42.5 Å². The summed E-state index contributed by atoms with van der Waals surface area (Å²) < 4.78 is 0. The molecule has 0 saturated carbocycles. The molecular weight excluding hydrogens is 302 g/mol. The minimum Gasteiger partial charge on any atom is -0.384 e. The smallest absolute Gasteiger partial charge is 0.226 e. The molecule has 0 heterocycles. The third kappa shape index (κ3) is 5.76. The average Bonchev–Trinajstić information content (AvgIpc) is 2.45. The number of amides is 2. The first kappa shape index (κ1) is 17.5. The second kappa shape index (κ2) is 8.15. The van der Waals surface area contributed by atoms with Crippen molar-refractivity contribution < 1.29 is 9.59 Å². The monoisotopic (exact) mass is 325 g/mol. The van der Waals surface area contributed by atoms with Gasteiger partial charge in [0.05, 0.1) is 0 Å². The minimum atomic E-state index is -0.111. The van der Waals surface area contributed by atoms with E-state index in [2.05, 4.69) is 22.0 Å². The summed E-state index contributed by atoms with van der Waals surface area (Å²) in [5.41, 5.74) is 4.66. The highest BCUT2D eigenvalue weighted by Crippen LogP contribution is 2.16. The molecule has 2 amide bonds. The van der Waals surface area contributed by atoms with Gasteiger partial charge < -0.3 is 16.0 Å². The molecule has 0 atom stereocenters. The van der Waals surface area contributed by atoms with E-state index in [0.717, 1.165) is 28.2 Å². The van der Waals surface area contributed by atoms with Crippen LogP contribution in [0.5, 0.6) is 0 Å². The predicted molar refractivity (Wildman–Crippen MR) is 98.4 cm³/mol. The maximum Gasteiger partial charge on any atom is 0.226 e.